The molecule has 1 atom stereocenters. The normalized spacial score (nSPS) is 13.1. The quantitative estimate of drug-likeness (QED) is 0.167. The number of nitrogens with one attached hydrogen (secondary N) is 2. The van der Waals surface area contributed by atoms with Gasteiger partial charge in [-0.1, -0.05) is 6.92 Å². The Bertz CT molecular complexity index is 1120. The van der Waals surface area contributed by atoms with Crippen molar-refractivity contribution in [1.82, 2.24) is 15.0 Å². The van der Waals surface area contributed by atoms with E-state index in [2.05, 4.69) is 25.0 Å². The van der Waals surface area contributed by atoms with E-state index in [0.717, 1.165) is 25.3 Å². The molecule has 1 amide bonds. The second-order valence-corrected chi connectivity index (χ2v) is 7.32. The Labute approximate surface area is 202 Å². The lowest BCUT2D eigenvalue weighted by Crippen LogP contribution is -2.60. The maximum atomic E-state index is 14.3. The van der Waals surface area contributed by atoms with Crippen molar-refractivity contribution in [3.05, 3.63) is 35.5 Å². The highest BCUT2D eigenvalue weighted by Gasteiger charge is 2.41. The first-order valence-corrected chi connectivity index (χ1v) is 9.46. The van der Waals surface area contributed by atoms with Gasteiger partial charge in [-0.15, -0.1) is 0 Å². The van der Waals surface area contributed by atoms with E-state index in [1.807, 2.05) is 0 Å². The third kappa shape index (κ3) is 6.81. The molecule has 2 aromatic rings. The molecule has 0 aliphatic rings. The number of hydrogen-bond donors (Lipinski definition) is 5. The summed E-state index contributed by atoms with van der Waals surface area (Å²) in [5.41, 5.74) is 9.42. The number of aromatic nitrogens is 3. The summed E-state index contributed by atoms with van der Waals surface area (Å²) in [6, 6.07) is 0.882. The lowest BCUT2D eigenvalue weighted by molar-refractivity contribution is -0.0659. The highest BCUT2D eigenvalue weighted by molar-refractivity contribution is 6.53. The molecule has 8 radical (unpaired) electrons. The van der Waals surface area contributed by atoms with Gasteiger partial charge < -0.3 is 31.4 Å². The number of nitrogen functional groups attached to an aromatic ring is 1. The second-order valence-electron chi connectivity index (χ2n) is 7.32. The third-order valence-electron chi connectivity index (χ3n) is 4.47. The first kappa shape index (κ1) is 27.8. The number of halogens is 3. The van der Waals surface area contributed by atoms with E-state index in [-0.39, 0.29) is 5.82 Å². The van der Waals surface area contributed by atoms with E-state index in [1.54, 1.807) is 0 Å². The minimum atomic E-state index is -3.66. The van der Waals surface area contributed by atoms with Crippen LogP contribution in [-0.2, 0) is 4.74 Å². The molecule has 0 aromatic carbocycles. The summed E-state index contributed by atoms with van der Waals surface area (Å²) in [5, 5.41) is 13.4. The molecular weight excluding hydrogens is 466 g/mol. The van der Waals surface area contributed by atoms with Crippen LogP contribution in [0.2, 0.25) is 0 Å². The number of pyridine rings is 1. The average Bonchev–Trinajstić information content (AvgIpc) is 2.72. The van der Waals surface area contributed by atoms with Crippen LogP contribution in [0.1, 0.15) is 29.0 Å². The number of amides is 1. The Hall–Kier alpha value is -3.42. The predicted molar refractivity (Wildman–Crippen MR) is 121 cm³/mol. The van der Waals surface area contributed by atoms with Gasteiger partial charge in [0.25, 0.3) is 17.9 Å². The van der Waals surface area contributed by atoms with Crippen molar-refractivity contribution in [2.75, 3.05) is 17.7 Å². The van der Waals surface area contributed by atoms with Crippen LogP contribution >= 0.6 is 0 Å². The second kappa shape index (κ2) is 10.1. The smallest absolute Gasteiger partial charge is 0.289 e. The number of amidine groups is 1. The standard InChI is InChI=1S/C17H16B4F3N7O4/c1-6(15(23,24)5-34-14(26)27)10-7(22)2-3-8(29-10)30-13(32)11-12(25)31-9(4-28-11)35-17(20,21)16(18,19)33/h2-4,6,33H,5H2,1H3,(H2,25,31)(H3,26,27)(H,29,30,32)/t6-/m0/s1. The molecule has 176 valence electrons. The predicted octanol–water partition coefficient (Wildman–Crippen LogP) is -1.15. The van der Waals surface area contributed by atoms with Crippen LogP contribution in [0.5, 0.6) is 5.88 Å². The van der Waals surface area contributed by atoms with Crippen LogP contribution in [0.3, 0.4) is 0 Å². The summed E-state index contributed by atoms with van der Waals surface area (Å²) in [5.74, 6) is -8.83. The highest BCUT2D eigenvalue weighted by Crippen LogP contribution is 2.34. The van der Waals surface area contributed by atoms with Gasteiger partial charge in [-0.2, -0.15) is 4.98 Å². The van der Waals surface area contributed by atoms with Crippen molar-refractivity contribution in [3.8, 4) is 5.88 Å². The van der Waals surface area contributed by atoms with E-state index in [0.29, 0.717) is 0 Å². The molecule has 18 heteroatoms. The molecule has 0 fully saturated rings. The molecular formula is C17H16B4F3N7O4. The Morgan fingerprint density at radius 1 is 1.29 bits per heavy atom. The van der Waals surface area contributed by atoms with Crippen molar-refractivity contribution in [3.63, 3.8) is 0 Å². The molecule has 2 heterocycles. The SMILES string of the molecule is [B]C([B])(O)C([B])([B])Oc1cnc(C(=O)Nc2ccc(F)c([C@H](C)C(F)(F)COC(=N)N)n2)c(N)n1. The molecule has 0 spiro atoms. The Kier molecular flexibility index (Phi) is 7.99. The van der Waals surface area contributed by atoms with E-state index >= 15 is 0 Å². The number of anilines is 2. The summed E-state index contributed by atoms with van der Waals surface area (Å²) in [4.78, 5) is 23.7. The topological polar surface area (TPSA) is 182 Å². The number of carbonyl (C=O) groups is 1. The molecule has 0 unspecified atom stereocenters. The number of nitrogens with zero attached hydrogens (tertiary/aromatic N) is 3. The summed E-state index contributed by atoms with van der Waals surface area (Å²) in [6.45, 7) is -0.318. The molecule has 2 rings (SSSR count). The van der Waals surface area contributed by atoms with E-state index < -0.39 is 70.1 Å². The number of carbonyl (C=O) groups excluding carboxylic acids is 1. The van der Waals surface area contributed by atoms with E-state index in [1.165, 1.54) is 0 Å². The van der Waals surface area contributed by atoms with Gasteiger partial charge in [-0.3, -0.25) is 10.2 Å². The minimum Gasteiger partial charge on any atom is -0.489 e. The zero-order valence-electron chi connectivity index (χ0n) is 18.1. The van der Waals surface area contributed by atoms with Gasteiger partial charge in [-0.25, -0.2) is 23.1 Å². The maximum Gasteiger partial charge on any atom is 0.289 e. The summed E-state index contributed by atoms with van der Waals surface area (Å²) >= 11 is 0. The fraction of sp³-hybridized carbons (Fsp3) is 0.353. The van der Waals surface area contributed by atoms with Gasteiger partial charge >= 0.3 is 0 Å². The van der Waals surface area contributed by atoms with Gasteiger partial charge in [0.1, 0.15) is 43.0 Å². The summed E-state index contributed by atoms with van der Waals surface area (Å²) in [6.07, 6.45) is 0.854. The van der Waals surface area contributed by atoms with E-state index in [4.69, 9.17) is 53.0 Å². The fourth-order valence-electron chi connectivity index (χ4n) is 2.37. The molecule has 0 bridgehead atoms. The Morgan fingerprint density at radius 2 is 1.91 bits per heavy atom. The van der Waals surface area contributed by atoms with Crippen molar-refractivity contribution >= 4 is 54.9 Å². The lowest BCUT2D eigenvalue weighted by atomic mass is 9.42. The zero-order valence-corrected chi connectivity index (χ0v) is 18.1. The minimum absolute atomic E-state index is 0.317. The average molecular weight is 483 g/mol. The Balaban J connectivity index is 2.22. The molecule has 11 nitrogen and oxygen atoms in total. The van der Waals surface area contributed by atoms with Crippen LogP contribution in [0.15, 0.2) is 18.3 Å². The lowest BCUT2D eigenvalue weighted by Gasteiger charge is -2.39. The molecule has 7 N–H and O–H groups in total. The van der Waals surface area contributed by atoms with E-state index in [9.17, 15) is 23.1 Å². The summed E-state index contributed by atoms with van der Waals surface area (Å²) < 4.78 is 52.1. The largest absolute Gasteiger partial charge is 0.489 e. The monoisotopic (exact) mass is 483 g/mol. The van der Waals surface area contributed by atoms with Crippen LogP contribution in [0.4, 0.5) is 24.8 Å². The van der Waals surface area contributed by atoms with Gasteiger partial charge in [0.15, 0.2) is 18.1 Å². The van der Waals surface area contributed by atoms with Gasteiger partial charge in [0, 0.05) is 10.8 Å². The molecule has 2 aromatic heterocycles. The molecule has 0 saturated carbocycles. The van der Waals surface area contributed by atoms with Crippen LogP contribution in [0, 0.1) is 11.2 Å². The molecule has 0 aliphatic heterocycles. The van der Waals surface area contributed by atoms with Crippen molar-refractivity contribution in [2.45, 2.75) is 29.6 Å². The number of ether oxygens (including phenoxy) is 2. The van der Waals surface area contributed by atoms with Crippen molar-refractivity contribution in [2.24, 2.45) is 5.73 Å². The Morgan fingerprint density at radius 3 is 2.46 bits per heavy atom. The molecule has 35 heavy (non-hydrogen) atoms. The number of rotatable bonds is 9. The van der Waals surface area contributed by atoms with Crippen LogP contribution in [-0.4, -0.2) is 86.7 Å². The number of hydrogen-bond acceptors (Lipinski definition) is 9. The van der Waals surface area contributed by atoms with Gasteiger partial charge in [-0.05, 0) is 12.1 Å². The zero-order chi connectivity index (χ0) is 26.8. The van der Waals surface area contributed by atoms with Crippen molar-refractivity contribution < 1.29 is 32.5 Å². The van der Waals surface area contributed by atoms with Crippen molar-refractivity contribution in [1.29, 1.82) is 5.41 Å². The molecule has 0 aliphatic carbocycles. The fourth-order valence-corrected chi connectivity index (χ4v) is 2.37. The number of alkyl halides is 2. The highest BCUT2D eigenvalue weighted by atomic mass is 19.3. The number of nitrogens with two attached hydrogens (primary N) is 2. The maximum absolute atomic E-state index is 14.3. The van der Waals surface area contributed by atoms with Gasteiger partial charge in [0.2, 0.25) is 5.88 Å². The van der Waals surface area contributed by atoms with Crippen LogP contribution in [0.25, 0.3) is 0 Å². The summed E-state index contributed by atoms with van der Waals surface area (Å²) in [7, 11) is 21.2. The third-order valence-corrected chi connectivity index (χ3v) is 4.47. The van der Waals surface area contributed by atoms with Gasteiger partial charge in [0.05, 0.1) is 17.8 Å². The first-order valence-electron chi connectivity index (χ1n) is 9.46. The molecule has 0 saturated heterocycles. The first-order chi connectivity index (χ1) is 15.9. The number of aliphatic hydroxyl groups is 1. The van der Waals surface area contributed by atoms with Crippen LogP contribution < -0.4 is 21.5 Å².